The summed E-state index contributed by atoms with van der Waals surface area (Å²) in [5.74, 6) is -3.45. The molecule has 0 bridgehead atoms. The minimum atomic E-state index is -1.54. The third-order valence-electron chi connectivity index (χ3n) is 6.23. The molecule has 3 aromatic carbocycles. The van der Waals surface area contributed by atoms with Crippen molar-refractivity contribution >= 4 is 18.0 Å². The zero-order valence-electron chi connectivity index (χ0n) is 19.6. The van der Waals surface area contributed by atoms with Gasteiger partial charge in [0.15, 0.2) is 0 Å². The molecule has 1 amide bonds. The molecule has 0 aromatic heterocycles. The van der Waals surface area contributed by atoms with Crippen LogP contribution in [0.2, 0.25) is 0 Å². The van der Waals surface area contributed by atoms with Gasteiger partial charge in [-0.1, -0.05) is 84.9 Å². The van der Waals surface area contributed by atoms with Gasteiger partial charge in [-0.3, -0.25) is 4.79 Å². The van der Waals surface area contributed by atoms with Gasteiger partial charge < -0.3 is 19.9 Å². The lowest BCUT2D eigenvalue weighted by molar-refractivity contribution is -0.156. The molecule has 0 aliphatic heterocycles. The molecule has 0 fully saturated rings. The van der Waals surface area contributed by atoms with Gasteiger partial charge in [-0.15, -0.1) is 6.58 Å². The maximum atomic E-state index is 12.8. The molecule has 0 heterocycles. The fraction of sp³-hybridized carbons (Fsp3) is 0.207. The minimum Gasteiger partial charge on any atom is -0.480 e. The molecule has 7 heteroatoms. The van der Waals surface area contributed by atoms with Crippen LogP contribution in [0, 0.1) is 5.92 Å². The number of carboxylic acids is 1. The first-order valence-corrected chi connectivity index (χ1v) is 11.7. The van der Waals surface area contributed by atoms with Crippen LogP contribution in [0.5, 0.6) is 0 Å². The van der Waals surface area contributed by atoms with E-state index < -0.39 is 30.0 Å². The van der Waals surface area contributed by atoms with E-state index >= 15 is 0 Å². The van der Waals surface area contributed by atoms with Crippen LogP contribution in [0.4, 0.5) is 4.79 Å². The highest BCUT2D eigenvalue weighted by Crippen LogP contribution is 2.44. The quantitative estimate of drug-likeness (QED) is 0.312. The second-order valence-electron chi connectivity index (χ2n) is 8.51. The molecule has 7 nitrogen and oxygen atoms in total. The van der Waals surface area contributed by atoms with Crippen molar-refractivity contribution < 1.29 is 29.0 Å². The number of amides is 1. The van der Waals surface area contributed by atoms with Gasteiger partial charge in [0.2, 0.25) is 0 Å². The molecule has 4 rings (SSSR count). The molecule has 1 unspecified atom stereocenters. The summed E-state index contributed by atoms with van der Waals surface area (Å²) in [6.07, 6.45) is 0.507. The second kappa shape index (κ2) is 11.4. The molecule has 36 heavy (non-hydrogen) atoms. The zero-order chi connectivity index (χ0) is 25.5. The van der Waals surface area contributed by atoms with Crippen molar-refractivity contribution in [2.24, 2.45) is 5.92 Å². The van der Waals surface area contributed by atoms with E-state index in [1.165, 1.54) is 6.08 Å². The van der Waals surface area contributed by atoms with E-state index in [-0.39, 0.29) is 25.6 Å². The Labute approximate surface area is 209 Å². The lowest BCUT2D eigenvalue weighted by atomic mass is 9.96. The summed E-state index contributed by atoms with van der Waals surface area (Å²) in [5, 5.41) is 12.1. The number of benzene rings is 3. The Morgan fingerprint density at radius 3 is 2.06 bits per heavy atom. The third-order valence-corrected chi connectivity index (χ3v) is 6.23. The first kappa shape index (κ1) is 24.7. The standard InChI is InChI=1S/C29H27NO6/c1-2-10-24(28(33)35-17-19-11-4-3-5-12-19)26(27(31)32)30-29(34)36-18-25-22-15-8-6-13-20(22)21-14-7-9-16-23(21)25/h2-9,11-16,24-26H,1,10,17-18H2,(H,30,34)(H,31,32)/t24?,26-/m0/s1. The number of allylic oxidation sites excluding steroid dienone is 1. The van der Waals surface area contributed by atoms with Crippen LogP contribution in [0.1, 0.15) is 29.0 Å². The van der Waals surface area contributed by atoms with Crippen LogP contribution in [0.3, 0.4) is 0 Å². The Morgan fingerprint density at radius 2 is 1.47 bits per heavy atom. The van der Waals surface area contributed by atoms with Gasteiger partial charge >= 0.3 is 18.0 Å². The van der Waals surface area contributed by atoms with E-state index in [1.54, 1.807) is 12.1 Å². The van der Waals surface area contributed by atoms with Crippen molar-refractivity contribution in [1.82, 2.24) is 5.32 Å². The zero-order valence-corrected chi connectivity index (χ0v) is 19.6. The van der Waals surface area contributed by atoms with Gasteiger partial charge in [0, 0.05) is 5.92 Å². The largest absolute Gasteiger partial charge is 0.480 e. The van der Waals surface area contributed by atoms with Crippen LogP contribution < -0.4 is 5.32 Å². The van der Waals surface area contributed by atoms with Gasteiger partial charge in [0.25, 0.3) is 0 Å². The molecule has 2 atom stereocenters. The maximum Gasteiger partial charge on any atom is 0.407 e. The van der Waals surface area contributed by atoms with Gasteiger partial charge in [0.1, 0.15) is 19.3 Å². The number of rotatable bonds is 10. The molecular weight excluding hydrogens is 458 g/mol. The molecular formula is C29H27NO6. The maximum absolute atomic E-state index is 12.8. The predicted molar refractivity (Wildman–Crippen MR) is 134 cm³/mol. The summed E-state index contributed by atoms with van der Waals surface area (Å²) in [7, 11) is 0. The molecule has 0 radical (unpaired) electrons. The Hall–Kier alpha value is -4.39. The average Bonchev–Trinajstić information content (AvgIpc) is 3.22. The van der Waals surface area contributed by atoms with Gasteiger partial charge in [-0.2, -0.15) is 0 Å². The number of carbonyl (C=O) groups excluding carboxylic acids is 2. The second-order valence-corrected chi connectivity index (χ2v) is 8.51. The normalized spacial score (nSPS) is 13.6. The van der Waals surface area contributed by atoms with E-state index in [0.29, 0.717) is 0 Å². The van der Waals surface area contributed by atoms with Crippen molar-refractivity contribution in [2.75, 3.05) is 6.61 Å². The lowest BCUT2D eigenvalue weighted by Gasteiger charge is -2.23. The first-order valence-electron chi connectivity index (χ1n) is 11.7. The number of carboxylic acid groups (broad SMARTS) is 1. The Balaban J connectivity index is 1.42. The van der Waals surface area contributed by atoms with Gasteiger partial charge in [0.05, 0.1) is 5.92 Å². The van der Waals surface area contributed by atoms with Gasteiger partial charge in [-0.25, -0.2) is 9.59 Å². The van der Waals surface area contributed by atoms with Crippen LogP contribution in [-0.4, -0.2) is 35.8 Å². The highest BCUT2D eigenvalue weighted by atomic mass is 16.6. The topological polar surface area (TPSA) is 102 Å². The number of nitrogens with one attached hydrogen (secondary N) is 1. The first-order chi connectivity index (χ1) is 17.5. The number of aliphatic carboxylic acids is 1. The average molecular weight is 486 g/mol. The number of hydrogen-bond donors (Lipinski definition) is 2. The van der Waals surface area contributed by atoms with Crippen LogP contribution >= 0.6 is 0 Å². The highest BCUT2D eigenvalue weighted by molar-refractivity contribution is 5.87. The third kappa shape index (κ3) is 5.46. The molecule has 0 spiro atoms. The number of fused-ring (bicyclic) bond motifs is 3. The Kier molecular flexibility index (Phi) is 7.80. The van der Waals surface area contributed by atoms with Crippen LogP contribution in [0.15, 0.2) is 91.5 Å². The monoisotopic (exact) mass is 485 g/mol. The van der Waals surface area contributed by atoms with E-state index in [0.717, 1.165) is 27.8 Å². The molecule has 1 aliphatic carbocycles. The number of esters is 1. The fourth-order valence-electron chi connectivity index (χ4n) is 4.49. The van der Waals surface area contributed by atoms with E-state index in [4.69, 9.17) is 9.47 Å². The summed E-state index contributed by atoms with van der Waals surface area (Å²) < 4.78 is 10.8. The van der Waals surface area contributed by atoms with E-state index in [1.807, 2.05) is 66.7 Å². The summed E-state index contributed by atoms with van der Waals surface area (Å²) >= 11 is 0. The number of ether oxygens (including phenoxy) is 2. The summed E-state index contributed by atoms with van der Waals surface area (Å²) in [4.78, 5) is 37.4. The van der Waals surface area contributed by atoms with Crippen LogP contribution in [0.25, 0.3) is 11.1 Å². The Bertz CT molecular complexity index is 1210. The van der Waals surface area contributed by atoms with Crippen molar-refractivity contribution in [1.29, 1.82) is 0 Å². The molecule has 3 aromatic rings. The number of alkyl carbamates (subject to hydrolysis) is 1. The highest BCUT2D eigenvalue weighted by Gasteiger charge is 2.36. The van der Waals surface area contributed by atoms with Crippen molar-refractivity contribution in [3.05, 3.63) is 108 Å². The predicted octanol–water partition coefficient (Wildman–Crippen LogP) is 4.91. The molecule has 184 valence electrons. The molecule has 1 aliphatic rings. The summed E-state index contributed by atoms with van der Waals surface area (Å²) in [6, 6.07) is 23.3. The molecule has 0 saturated carbocycles. The summed E-state index contributed by atoms with van der Waals surface area (Å²) in [5.41, 5.74) is 5.00. The Morgan fingerprint density at radius 1 is 0.889 bits per heavy atom. The molecule has 2 N–H and O–H groups in total. The van der Waals surface area contributed by atoms with Crippen LogP contribution in [-0.2, 0) is 25.7 Å². The molecule has 0 saturated heterocycles. The fourth-order valence-corrected chi connectivity index (χ4v) is 4.49. The minimum absolute atomic E-state index is 0.00818. The van der Waals surface area contributed by atoms with E-state index in [9.17, 15) is 19.5 Å². The van der Waals surface area contributed by atoms with E-state index in [2.05, 4.69) is 11.9 Å². The number of carbonyl (C=O) groups is 3. The SMILES string of the molecule is C=CCC(C(=O)OCc1ccccc1)[C@H](NC(=O)OCC1c2ccccc2-c2ccccc21)C(=O)O. The number of hydrogen-bond acceptors (Lipinski definition) is 5. The smallest absolute Gasteiger partial charge is 0.407 e. The lowest BCUT2D eigenvalue weighted by Crippen LogP contribution is -2.49. The van der Waals surface area contributed by atoms with Gasteiger partial charge in [-0.05, 0) is 34.2 Å². The van der Waals surface area contributed by atoms with Crippen molar-refractivity contribution in [3.63, 3.8) is 0 Å². The van der Waals surface area contributed by atoms with Crippen molar-refractivity contribution in [3.8, 4) is 11.1 Å². The summed E-state index contributed by atoms with van der Waals surface area (Å²) in [6.45, 7) is 3.62. The van der Waals surface area contributed by atoms with Crippen molar-refractivity contribution in [2.45, 2.75) is 25.0 Å².